The summed E-state index contributed by atoms with van der Waals surface area (Å²) in [5, 5.41) is 13.8. The van der Waals surface area contributed by atoms with Gasteiger partial charge in [0, 0.05) is 6.54 Å². The molecule has 3 heterocycles. The van der Waals surface area contributed by atoms with Crippen molar-refractivity contribution in [2.75, 3.05) is 0 Å². The Morgan fingerprint density at radius 3 is 2.78 bits per heavy atom. The number of fused-ring (bicyclic) bond motifs is 3. The van der Waals surface area contributed by atoms with E-state index in [1.54, 1.807) is 11.5 Å². The highest BCUT2D eigenvalue weighted by Gasteiger charge is 2.17. The van der Waals surface area contributed by atoms with Crippen LogP contribution in [0.15, 0.2) is 38.7 Å². The minimum absolute atomic E-state index is 0.0322. The van der Waals surface area contributed by atoms with Crippen LogP contribution in [0.3, 0.4) is 0 Å². The molecule has 8 nitrogen and oxygen atoms in total. The molecule has 1 aromatic carbocycles. The van der Waals surface area contributed by atoms with Gasteiger partial charge in [0.1, 0.15) is 0 Å². The second-order valence-electron chi connectivity index (χ2n) is 6.80. The summed E-state index contributed by atoms with van der Waals surface area (Å²) < 4.78 is 8.83. The molecule has 0 spiro atoms. The molecule has 27 heavy (non-hydrogen) atoms. The molecule has 0 N–H and O–H groups in total. The first-order chi connectivity index (χ1) is 13.0. The number of nitrogens with zero attached hydrogens (tertiary/aromatic N) is 6. The summed E-state index contributed by atoms with van der Waals surface area (Å²) in [4.78, 5) is 17.2. The molecule has 0 saturated heterocycles. The number of hydrogen-bond donors (Lipinski definition) is 0. The van der Waals surface area contributed by atoms with Gasteiger partial charge in [-0.25, -0.2) is 0 Å². The quantitative estimate of drug-likeness (QED) is 0.472. The number of benzene rings is 1. The topological polar surface area (TPSA) is 91.1 Å². The van der Waals surface area contributed by atoms with Crippen LogP contribution in [0.2, 0.25) is 0 Å². The zero-order chi connectivity index (χ0) is 19.0. The molecule has 4 aromatic rings. The van der Waals surface area contributed by atoms with Crippen molar-refractivity contribution in [1.82, 2.24) is 29.3 Å². The maximum atomic E-state index is 13.0. The van der Waals surface area contributed by atoms with E-state index in [0.717, 1.165) is 11.9 Å². The number of rotatable bonds is 6. The molecule has 4 rings (SSSR count). The molecule has 0 atom stereocenters. The summed E-state index contributed by atoms with van der Waals surface area (Å²) >= 11 is 1.45. The first kappa shape index (κ1) is 17.7. The van der Waals surface area contributed by atoms with Gasteiger partial charge in [-0.05, 0) is 31.4 Å². The molecule has 9 heteroatoms. The fraction of sp³-hybridized carbons (Fsp3) is 0.389. The number of aryl methyl sites for hydroxylation is 2. The lowest BCUT2D eigenvalue weighted by molar-refractivity contribution is 0.387. The second kappa shape index (κ2) is 7.15. The minimum atomic E-state index is -0.0322. The summed E-state index contributed by atoms with van der Waals surface area (Å²) in [5.41, 5.74) is 0.766. The van der Waals surface area contributed by atoms with Crippen LogP contribution in [0.4, 0.5) is 0 Å². The highest BCUT2D eigenvalue weighted by atomic mass is 32.2. The van der Waals surface area contributed by atoms with E-state index in [2.05, 4.69) is 34.2 Å². The van der Waals surface area contributed by atoms with Crippen molar-refractivity contribution in [2.24, 2.45) is 5.92 Å². The number of para-hydroxylation sites is 1. The van der Waals surface area contributed by atoms with Crippen molar-refractivity contribution in [3.05, 3.63) is 46.3 Å². The van der Waals surface area contributed by atoms with Gasteiger partial charge in [0.15, 0.2) is 11.0 Å². The molecule has 3 aromatic heterocycles. The van der Waals surface area contributed by atoms with Crippen molar-refractivity contribution < 1.29 is 4.52 Å². The molecule has 0 fully saturated rings. The van der Waals surface area contributed by atoms with E-state index in [9.17, 15) is 4.79 Å². The van der Waals surface area contributed by atoms with Crippen molar-refractivity contribution in [2.45, 2.75) is 44.6 Å². The summed E-state index contributed by atoms with van der Waals surface area (Å²) in [5.74, 6) is 2.67. The average molecular weight is 384 g/mol. The minimum Gasteiger partial charge on any atom is -0.338 e. The predicted molar refractivity (Wildman–Crippen MR) is 103 cm³/mol. The van der Waals surface area contributed by atoms with E-state index < -0.39 is 0 Å². The summed E-state index contributed by atoms with van der Waals surface area (Å²) in [7, 11) is 0. The van der Waals surface area contributed by atoms with Gasteiger partial charge in [0.25, 0.3) is 5.56 Å². The van der Waals surface area contributed by atoms with Gasteiger partial charge in [-0.1, -0.05) is 42.9 Å². The van der Waals surface area contributed by atoms with Crippen LogP contribution in [0.5, 0.6) is 0 Å². The van der Waals surface area contributed by atoms with E-state index in [4.69, 9.17) is 4.52 Å². The van der Waals surface area contributed by atoms with E-state index in [1.165, 1.54) is 11.8 Å². The van der Waals surface area contributed by atoms with Crippen LogP contribution in [-0.4, -0.2) is 29.3 Å². The smallest absolute Gasteiger partial charge is 0.262 e. The Kier molecular flexibility index (Phi) is 4.69. The third-order valence-electron chi connectivity index (χ3n) is 4.30. The third kappa shape index (κ3) is 3.34. The van der Waals surface area contributed by atoms with Crippen molar-refractivity contribution >= 4 is 28.4 Å². The molecule has 0 aliphatic rings. The Bertz CT molecular complexity index is 1160. The fourth-order valence-electron chi connectivity index (χ4n) is 2.94. The van der Waals surface area contributed by atoms with Crippen LogP contribution < -0.4 is 5.56 Å². The average Bonchev–Trinajstić information content (AvgIpc) is 3.26. The van der Waals surface area contributed by atoms with Crippen LogP contribution in [0.1, 0.15) is 32.0 Å². The maximum Gasteiger partial charge on any atom is 0.262 e. The van der Waals surface area contributed by atoms with E-state index >= 15 is 0 Å². The van der Waals surface area contributed by atoms with Crippen LogP contribution in [0, 0.1) is 12.8 Å². The lowest BCUT2D eigenvalue weighted by atomic mass is 10.1. The number of aromatic nitrogens is 6. The van der Waals surface area contributed by atoms with Gasteiger partial charge < -0.3 is 4.52 Å². The highest BCUT2D eigenvalue weighted by molar-refractivity contribution is 7.98. The van der Waals surface area contributed by atoms with Crippen molar-refractivity contribution in [3.63, 3.8) is 0 Å². The van der Waals surface area contributed by atoms with Crippen molar-refractivity contribution in [3.8, 4) is 0 Å². The summed E-state index contributed by atoms with van der Waals surface area (Å²) in [6, 6.07) is 7.55. The van der Waals surface area contributed by atoms with Crippen LogP contribution in [0.25, 0.3) is 16.7 Å². The molecule has 0 aliphatic carbocycles. The standard InChI is InChI=1S/C18H20N6O2S/c1-11(2)8-9-23-16(25)13-6-4-5-7-14(13)24-17(23)20-21-18(24)27-10-15-19-12(3)22-26-15/h4-7,11H,8-10H2,1-3H3. The van der Waals surface area contributed by atoms with E-state index in [-0.39, 0.29) is 5.56 Å². The third-order valence-corrected chi connectivity index (χ3v) is 5.22. The SMILES string of the molecule is Cc1noc(CSc2nnc3n(CCC(C)C)c(=O)c4ccccc4n23)n1. The predicted octanol–water partition coefficient (Wildman–Crippen LogP) is 3.07. The molecule has 0 amide bonds. The Morgan fingerprint density at radius 1 is 1.22 bits per heavy atom. The number of thioether (sulfide) groups is 1. The summed E-state index contributed by atoms with van der Waals surface area (Å²) in [6.07, 6.45) is 0.893. The zero-order valence-electron chi connectivity index (χ0n) is 15.4. The van der Waals surface area contributed by atoms with Crippen LogP contribution in [-0.2, 0) is 12.3 Å². The largest absolute Gasteiger partial charge is 0.338 e. The first-order valence-corrected chi connectivity index (χ1v) is 9.82. The maximum absolute atomic E-state index is 13.0. The van der Waals surface area contributed by atoms with Gasteiger partial charge in [0.2, 0.25) is 11.7 Å². The summed E-state index contributed by atoms with van der Waals surface area (Å²) in [6.45, 7) is 6.67. The molecular weight excluding hydrogens is 364 g/mol. The van der Waals surface area contributed by atoms with Crippen molar-refractivity contribution in [1.29, 1.82) is 0 Å². The fourth-order valence-corrected chi connectivity index (χ4v) is 3.72. The Balaban J connectivity index is 1.82. The first-order valence-electron chi connectivity index (χ1n) is 8.83. The monoisotopic (exact) mass is 384 g/mol. The van der Waals surface area contributed by atoms with Gasteiger partial charge in [0.05, 0.1) is 16.7 Å². The van der Waals surface area contributed by atoms with E-state index in [1.807, 2.05) is 28.7 Å². The van der Waals surface area contributed by atoms with Gasteiger partial charge in [-0.2, -0.15) is 4.98 Å². The molecular formula is C18H20N6O2S. The molecule has 0 saturated carbocycles. The molecule has 0 bridgehead atoms. The van der Waals surface area contributed by atoms with Gasteiger partial charge >= 0.3 is 0 Å². The van der Waals surface area contributed by atoms with E-state index in [0.29, 0.717) is 46.3 Å². The lowest BCUT2D eigenvalue weighted by Gasteiger charge is -2.12. The van der Waals surface area contributed by atoms with Gasteiger partial charge in [-0.15, -0.1) is 10.2 Å². The number of hydrogen-bond acceptors (Lipinski definition) is 7. The van der Waals surface area contributed by atoms with Crippen LogP contribution >= 0.6 is 11.8 Å². The Labute approximate surface area is 159 Å². The van der Waals surface area contributed by atoms with Gasteiger partial charge in [-0.3, -0.25) is 13.8 Å². The highest BCUT2D eigenvalue weighted by Crippen LogP contribution is 2.24. The lowest BCUT2D eigenvalue weighted by Crippen LogP contribution is -2.24. The Morgan fingerprint density at radius 2 is 2.04 bits per heavy atom. The zero-order valence-corrected chi connectivity index (χ0v) is 16.2. The molecule has 0 aliphatic heterocycles. The molecule has 0 unspecified atom stereocenters. The Hall–Kier alpha value is -2.68. The molecule has 0 radical (unpaired) electrons. The molecule has 140 valence electrons. The second-order valence-corrected chi connectivity index (χ2v) is 7.74. The normalized spacial score (nSPS) is 11.9.